The fraction of sp³-hybridized carbons (Fsp3) is 0.600. The highest BCUT2D eigenvalue weighted by molar-refractivity contribution is 5.97. The number of hydrogen-bond acceptors (Lipinski definition) is 3. The van der Waals surface area contributed by atoms with Gasteiger partial charge in [-0.3, -0.25) is 4.79 Å². The Morgan fingerprint density at radius 3 is 2.29 bits per heavy atom. The number of rotatable bonds is 7. The van der Waals surface area contributed by atoms with Crippen LogP contribution in [-0.2, 0) is 9.59 Å². The van der Waals surface area contributed by atoms with Crippen molar-refractivity contribution in [2.24, 2.45) is 0 Å². The second-order valence-electron chi connectivity index (χ2n) is 3.11. The van der Waals surface area contributed by atoms with E-state index in [9.17, 15) is 9.59 Å². The maximum Gasteiger partial charge on any atom is 0.371 e. The molecule has 0 atom stereocenters. The Morgan fingerprint density at radius 1 is 1.14 bits per heavy atom. The van der Waals surface area contributed by atoms with E-state index in [4.69, 9.17) is 10.2 Å². The van der Waals surface area contributed by atoms with Crippen LogP contribution in [0.4, 0.5) is 0 Å². The third-order valence-electron chi connectivity index (χ3n) is 1.79. The number of carbonyl (C=O) groups excluding carboxylic acids is 1. The van der Waals surface area contributed by atoms with E-state index in [0.29, 0.717) is 6.42 Å². The molecule has 14 heavy (non-hydrogen) atoms. The maximum atomic E-state index is 11.0. The van der Waals surface area contributed by atoms with E-state index in [-0.39, 0.29) is 5.78 Å². The minimum Gasteiger partial charge on any atom is -0.502 e. The van der Waals surface area contributed by atoms with E-state index in [2.05, 4.69) is 6.92 Å². The molecule has 0 spiro atoms. The summed E-state index contributed by atoms with van der Waals surface area (Å²) in [6.07, 6.45) is 4.94. The zero-order chi connectivity index (χ0) is 11.0. The Morgan fingerprint density at radius 2 is 1.79 bits per heavy atom. The number of unbranched alkanes of at least 4 members (excludes halogenated alkanes) is 3. The van der Waals surface area contributed by atoms with E-state index in [1.165, 1.54) is 0 Å². The zero-order valence-corrected chi connectivity index (χ0v) is 8.32. The van der Waals surface area contributed by atoms with Crippen LogP contribution in [0, 0.1) is 0 Å². The number of allylic oxidation sites excluding steroid dienone is 1. The van der Waals surface area contributed by atoms with Gasteiger partial charge in [-0.05, 0) is 6.42 Å². The van der Waals surface area contributed by atoms with Crippen molar-refractivity contribution in [2.75, 3.05) is 0 Å². The smallest absolute Gasteiger partial charge is 0.371 e. The van der Waals surface area contributed by atoms with E-state index in [0.717, 1.165) is 31.8 Å². The average Bonchev–Trinajstić information content (AvgIpc) is 2.12. The van der Waals surface area contributed by atoms with Crippen LogP contribution in [0.25, 0.3) is 0 Å². The highest BCUT2D eigenvalue weighted by atomic mass is 16.4. The summed E-state index contributed by atoms with van der Waals surface area (Å²) in [6, 6.07) is 0. The molecule has 0 fully saturated rings. The third kappa shape index (κ3) is 6.22. The predicted molar refractivity (Wildman–Crippen MR) is 52.1 cm³/mol. The van der Waals surface area contributed by atoms with Crippen molar-refractivity contribution in [3.8, 4) is 0 Å². The van der Waals surface area contributed by atoms with E-state index < -0.39 is 11.7 Å². The van der Waals surface area contributed by atoms with Gasteiger partial charge in [0.05, 0.1) is 0 Å². The van der Waals surface area contributed by atoms with Crippen molar-refractivity contribution >= 4 is 11.8 Å². The quantitative estimate of drug-likeness (QED) is 0.374. The Kier molecular flexibility index (Phi) is 6.45. The van der Waals surface area contributed by atoms with Gasteiger partial charge in [0.25, 0.3) is 0 Å². The molecule has 2 N–H and O–H groups in total. The molecule has 4 nitrogen and oxygen atoms in total. The van der Waals surface area contributed by atoms with Gasteiger partial charge in [0, 0.05) is 12.5 Å². The molecule has 0 amide bonds. The average molecular weight is 200 g/mol. The van der Waals surface area contributed by atoms with Crippen molar-refractivity contribution in [1.29, 1.82) is 0 Å². The first-order chi connectivity index (χ1) is 6.57. The van der Waals surface area contributed by atoms with Crippen molar-refractivity contribution in [3.05, 3.63) is 11.8 Å². The fourth-order valence-corrected chi connectivity index (χ4v) is 1.01. The van der Waals surface area contributed by atoms with Gasteiger partial charge in [-0.15, -0.1) is 0 Å². The van der Waals surface area contributed by atoms with Crippen LogP contribution in [0.3, 0.4) is 0 Å². The topological polar surface area (TPSA) is 74.6 Å². The van der Waals surface area contributed by atoms with Crippen LogP contribution < -0.4 is 0 Å². The number of aliphatic hydroxyl groups excluding tert-OH is 1. The van der Waals surface area contributed by atoms with Crippen molar-refractivity contribution in [3.63, 3.8) is 0 Å². The molecule has 0 aromatic heterocycles. The fourth-order valence-electron chi connectivity index (χ4n) is 1.01. The minimum absolute atomic E-state index is 0.303. The number of carbonyl (C=O) groups is 2. The number of carboxylic acids is 1. The summed E-state index contributed by atoms with van der Waals surface area (Å²) in [7, 11) is 0. The largest absolute Gasteiger partial charge is 0.502 e. The third-order valence-corrected chi connectivity index (χ3v) is 1.79. The summed E-state index contributed by atoms with van der Waals surface area (Å²) >= 11 is 0. The van der Waals surface area contributed by atoms with E-state index in [1.807, 2.05) is 0 Å². The molecule has 0 aliphatic carbocycles. The van der Waals surface area contributed by atoms with Crippen molar-refractivity contribution in [1.82, 2.24) is 0 Å². The molecule has 80 valence electrons. The molecule has 0 bridgehead atoms. The van der Waals surface area contributed by atoms with Crippen molar-refractivity contribution in [2.45, 2.75) is 39.0 Å². The minimum atomic E-state index is -1.47. The van der Waals surface area contributed by atoms with Gasteiger partial charge in [-0.25, -0.2) is 4.79 Å². The highest BCUT2D eigenvalue weighted by Gasteiger charge is 2.06. The lowest BCUT2D eigenvalue weighted by atomic mass is 10.1. The summed E-state index contributed by atoms with van der Waals surface area (Å²) in [5.41, 5.74) is 0. The van der Waals surface area contributed by atoms with Gasteiger partial charge in [0.1, 0.15) is 0 Å². The van der Waals surface area contributed by atoms with Crippen molar-refractivity contribution < 1.29 is 19.8 Å². The van der Waals surface area contributed by atoms with Crippen LogP contribution >= 0.6 is 0 Å². The molecule has 0 aliphatic rings. The molecule has 0 heterocycles. The summed E-state index contributed by atoms with van der Waals surface area (Å²) < 4.78 is 0. The summed E-state index contributed by atoms with van der Waals surface area (Å²) in [6.45, 7) is 2.07. The van der Waals surface area contributed by atoms with Crippen LogP contribution in [0.5, 0.6) is 0 Å². The van der Waals surface area contributed by atoms with E-state index in [1.54, 1.807) is 0 Å². The molecular formula is C10H16O4. The molecule has 0 aliphatic heterocycles. The standard InChI is InChI=1S/C10H16O4/c1-2-3-4-5-6-8(11)7-9(12)10(13)14/h7,12H,2-6H2,1H3,(H,13,14). The Labute approximate surface area is 83.2 Å². The predicted octanol–water partition coefficient (Wildman–Crippen LogP) is 2.05. The van der Waals surface area contributed by atoms with Crippen LogP contribution in [-0.4, -0.2) is 22.0 Å². The first-order valence-electron chi connectivity index (χ1n) is 4.74. The number of aliphatic hydroxyl groups is 1. The summed E-state index contributed by atoms with van der Waals surface area (Å²) in [4.78, 5) is 21.2. The second kappa shape index (κ2) is 7.12. The second-order valence-corrected chi connectivity index (χ2v) is 3.11. The van der Waals surface area contributed by atoms with Crippen LogP contribution in [0.2, 0.25) is 0 Å². The van der Waals surface area contributed by atoms with Gasteiger partial charge in [-0.1, -0.05) is 26.2 Å². The number of hydrogen-bond donors (Lipinski definition) is 2. The van der Waals surface area contributed by atoms with Gasteiger partial charge in [-0.2, -0.15) is 0 Å². The monoisotopic (exact) mass is 200 g/mol. The van der Waals surface area contributed by atoms with Gasteiger partial charge >= 0.3 is 5.97 Å². The molecule has 0 saturated carbocycles. The molecule has 0 aromatic rings. The lowest BCUT2D eigenvalue weighted by molar-refractivity contribution is -0.135. The maximum absolute atomic E-state index is 11.0. The van der Waals surface area contributed by atoms with Gasteiger partial charge in [0.2, 0.25) is 5.76 Å². The van der Waals surface area contributed by atoms with Gasteiger partial charge < -0.3 is 10.2 Å². The number of ketones is 1. The normalized spacial score (nSPS) is 11.4. The zero-order valence-electron chi connectivity index (χ0n) is 8.32. The molecular weight excluding hydrogens is 184 g/mol. The number of carboxylic acid groups (broad SMARTS) is 1. The Hall–Kier alpha value is -1.32. The lowest BCUT2D eigenvalue weighted by Gasteiger charge is -1.96. The first-order valence-corrected chi connectivity index (χ1v) is 4.74. The Balaban J connectivity index is 3.75. The Bertz CT molecular complexity index is 230. The van der Waals surface area contributed by atoms with E-state index >= 15 is 0 Å². The molecule has 0 radical (unpaired) electrons. The SMILES string of the molecule is CCCCCCC(=O)C=C(O)C(=O)O. The molecule has 0 saturated heterocycles. The molecule has 0 aromatic carbocycles. The summed E-state index contributed by atoms with van der Waals surface area (Å²) in [5, 5.41) is 17.0. The van der Waals surface area contributed by atoms with Gasteiger partial charge in [0.15, 0.2) is 5.78 Å². The highest BCUT2D eigenvalue weighted by Crippen LogP contribution is 2.04. The van der Waals surface area contributed by atoms with Crippen LogP contribution in [0.15, 0.2) is 11.8 Å². The first kappa shape index (κ1) is 12.7. The lowest BCUT2D eigenvalue weighted by Crippen LogP contribution is -2.03. The summed E-state index contributed by atoms with van der Waals surface area (Å²) in [5.74, 6) is -2.68. The number of aliphatic carboxylic acids is 1. The van der Waals surface area contributed by atoms with Crippen LogP contribution in [0.1, 0.15) is 39.0 Å². The molecule has 4 heteroatoms. The molecule has 0 unspecified atom stereocenters. The molecule has 0 rings (SSSR count).